The van der Waals surface area contributed by atoms with Crippen LogP contribution in [-0.2, 0) is 4.74 Å². The molecule has 2 atom stereocenters. The van der Waals surface area contributed by atoms with E-state index in [0.29, 0.717) is 5.92 Å². The number of ether oxygens (including phenoxy) is 1. The van der Waals surface area contributed by atoms with Crippen molar-refractivity contribution < 1.29 is 4.74 Å². The Bertz CT molecular complexity index is 277. The van der Waals surface area contributed by atoms with E-state index in [1.807, 2.05) is 0 Å². The van der Waals surface area contributed by atoms with E-state index in [4.69, 9.17) is 4.74 Å². The van der Waals surface area contributed by atoms with Crippen LogP contribution in [0.1, 0.15) is 46.0 Å². The summed E-state index contributed by atoms with van der Waals surface area (Å²) in [6.07, 6.45) is 8.53. The first-order valence-electron chi connectivity index (χ1n) is 5.67. The predicted octanol–water partition coefficient (Wildman–Crippen LogP) is 3.82. The molecule has 1 fully saturated rings. The maximum Gasteiger partial charge on any atom is 0.132 e. The van der Waals surface area contributed by atoms with Gasteiger partial charge in [-0.05, 0) is 51.2 Å². The SMILES string of the molecule is C=C(C)[C@@]12CCCC[C@@H]1CC=C(C)O2. The normalized spacial score (nSPS) is 36.7. The zero-order valence-corrected chi connectivity index (χ0v) is 9.31. The summed E-state index contributed by atoms with van der Waals surface area (Å²) in [5.74, 6) is 1.77. The highest BCUT2D eigenvalue weighted by Gasteiger charge is 2.44. The summed E-state index contributed by atoms with van der Waals surface area (Å²) in [7, 11) is 0. The Balaban J connectivity index is 2.31. The summed E-state index contributed by atoms with van der Waals surface area (Å²) < 4.78 is 6.10. The van der Waals surface area contributed by atoms with Gasteiger partial charge in [-0.1, -0.05) is 13.0 Å². The fourth-order valence-electron chi connectivity index (χ4n) is 2.94. The average Bonchev–Trinajstić information content (AvgIpc) is 2.17. The summed E-state index contributed by atoms with van der Waals surface area (Å²) in [5, 5.41) is 0. The third kappa shape index (κ3) is 1.39. The molecule has 0 spiro atoms. The van der Waals surface area contributed by atoms with Gasteiger partial charge in [0.1, 0.15) is 5.60 Å². The van der Waals surface area contributed by atoms with Crippen LogP contribution in [0.15, 0.2) is 24.0 Å². The average molecular weight is 192 g/mol. The molecular weight excluding hydrogens is 172 g/mol. The summed E-state index contributed by atoms with van der Waals surface area (Å²) in [4.78, 5) is 0. The van der Waals surface area contributed by atoms with Crippen molar-refractivity contribution in [2.45, 2.75) is 51.6 Å². The van der Waals surface area contributed by atoms with Crippen LogP contribution in [0.4, 0.5) is 0 Å². The topological polar surface area (TPSA) is 9.23 Å². The van der Waals surface area contributed by atoms with E-state index in [-0.39, 0.29) is 5.60 Å². The van der Waals surface area contributed by atoms with Gasteiger partial charge in [-0.2, -0.15) is 0 Å². The summed E-state index contributed by atoms with van der Waals surface area (Å²) in [6.45, 7) is 8.32. The highest BCUT2D eigenvalue weighted by molar-refractivity contribution is 5.20. The van der Waals surface area contributed by atoms with Crippen molar-refractivity contribution in [1.29, 1.82) is 0 Å². The van der Waals surface area contributed by atoms with Crippen LogP contribution in [-0.4, -0.2) is 5.60 Å². The van der Waals surface area contributed by atoms with E-state index in [2.05, 4.69) is 26.5 Å². The lowest BCUT2D eigenvalue weighted by Crippen LogP contribution is -2.45. The number of rotatable bonds is 1. The van der Waals surface area contributed by atoms with Gasteiger partial charge >= 0.3 is 0 Å². The highest BCUT2D eigenvalue weighted by atomic mass is 16.5. The highest BCUT2D eigenvalue weighted by Crippen LogP contribution is 2.46. The summed E-state index contributed by atoms with van der Waals surface area (Å²) in [6, 6.07) is 0. The molecule has 1 heterocycles. The van der Waals surface area contributed by atoms with E-state index in [0.717, 1.165) is 12.2 Å². The molecule has 1 saturated carbocycles. The van der Waals surface area contributed by atoms with Gasteiger partial charge in [0.2, 0.25) is 0 Å². The zero-order valence-electron chi connectivity index (χ0n) is 9.31. The Morgan fingerprint density at radius 3 is 3.07 bits per heavy atom. The molecule has 2 rings (SSSR count). The van der Waals surface area contributed by atoms with Crippen LogP contribution in [0, 0.1) is 5.92 Å². The number of hydrogen-bond acceptors (Lipinski definition) is 1. The molecule has 0 bridgehead atoms. The molecular formula is C13H20O. The van der Waals surface area contributed by atoms with E-state index < -0.39 is 0 Å². The van der Waals surface area contributed by atoms with Crippen LogP contribution < -0.4 is 0 Å². The Hall–Kier alpha value is -0.720. The molecule has 1 heteroatoms. The quantitative estimate of drug-likeness (QED) is 0.574. The molecule has 1 aliphatic heterocycles. The van der Waals surface area contributed by atoms with Crippen molar-refractivity contribution in [1.82, 2.24) is 0 Å². The van der Waals surface area contributed by atoms with Crippen molar-refractivity contribution in [3.8, 4) is 0 Å². The standard InChI is InChI=1S/C13H20O/c1-10(2)13-9-5-4-6-12(13)8-7-11(3)14-13/h7,12H,1,4-6,8-9H2,2-3H3/t12-,13+/m1/s1. The van der Waals surface area contributed by atoms with Crippen molar-refractivity contribution in [2.75, 3.05) is 0 Å². The number of fused-ring (bicyclic) bond motifs is 1. The molecule has 0 unspecified atom stereocenters. The van der Waals surface area contributed by atoms with Gasteiger partial charge in [0.25, 0.3) is 0 Å². The van der Waals surface area contributed by atoms with Crippen LogP contribution in [0.3, 0.4) is 0 Å². The first kappa shape index (κ1) is 9.82. The van der Waals surface area contributed by atoms with E-state index in [1.165, 1.54) is 31.3 Å². The molecule has 0 N–H and O–H groups in total. The minimum absolute atomic E-state index is 0.0168. The second-order valence-corrected chi connectivity index (χ2v) is 4.77. The minimum atomic E-state index is -0.0168. The molecule has 0 amide bonds. The maximum atomic E-state index is 6.10. The third-order valence-corrected chi connectivity index (χ3v) is 3.77. The minimum Gasteiger partial charge on any atom is -0.488 e. The Morgan fingerprint density at radius 1 is 1.57 bits per heavy atom. The van der Waals surface area contributed by atoms with Crippen molar-refractivity contribution in [2.24, 2.45) is 5.92 Å². The van der Waals surface area contributed by atoms with E-state index >= 15 is 0 Å². The summed E-state index contributed by atoms with van der Waals surface area (Å²) in [5.41, 5.74) is 1.20. The smallest absolute Gasteiger partial charge is 0.132 e. The molecule has 0 aromatic rings. The van der Waals surface area contributed by atoms with Crippen LogP contribution >= 0.6 is 0 Å². The molecule has 78 valence electrons. The molecule has 1 aliphatic carbocycles. The third-order valence-electron chi connectivity index (χ3n) is 3.77. The van der Waals surface area contributed by atoms with Gasteiger partial charge in [-0.25, -0.2) is 0 Å². The molecule has 0 aromatic carbocycles. The number of allylic oxidation sites excluding steroid dienone is 2. The lowest BCUT2D eigenvalue weighted by Gasteiger charge is -2.47. The van der Waals surface area contributed by atoms with Gasteiger partial charge in [0, 0.05) is 5.92 Å². The molecule has 2 aliphatic rings. The summed E-state index contributed by atoms with van der Waals surface area (Å²) >= 11 is 0. The monoisotopic (exact) mass is 192 g/mol. The second-order valence-electron chi connectivity index (χ2n) is 4.77. The second kappa shape index (κ2) is 3.45. The van der Waals surface area contributed by atoms with Gasteiger partial charge < -0.3 is 4.74 Å². The van der Waals surface area contributed by atoms with Crippen LogP contribution in [0.2, 0.25) is 0 Å². The van der Waals surface area contributed by atoms with E-state index in [9.17, 15) is 0 Å². The lowest BCUT2D eigenvalue weighted by molar-refractivity contribution is -0.0540. The largest absolute Gasteiger partial charge is 0.488 e. The zero-order chi connectivity index (χ0) is 10.2. The van der Waals surface area contributed by atoms with Gasteiger partial charge in [0.15, 0.2) is 0 Å². The maximum absolute atomic E-state index is 6.10. The molecule has 1 nitrogen and oxygen atoms in total. The molecule has 0 aromatic heterocycles. The fraction of sp³-hybridized carbons (Fsp3) is 0.692. The lowest BCUT2D eigenvalue weighted by atomic mass is 9.69. The van der Waals surface area contributed by atoms with Gasteiger partial charge in [-0.3, -0.25) is 0 Å². The van der Waals surface area contributed by atoms with Crippen molar-refractivity contribution >= 4 is 0 Å². The van der Waals surface area contributed by atoms with Crippen LogP contribution in [0.5, 0.6) is 0 Å². The van der Waals surface area contributed by atoms with Crippen molar-refractivity contribution in [3.63, 3.8) is 0 Å². The Kier molecular flexibility index (Phi) is 2.42. The van der Waals surface area contributed by atoms with Gasteiger partial charge in [0.05, 0.1) is 5.76 Å². The fourth-order valence-corrected chi connectivity index (χ4v) is 2.94. The Morgan fingerprint density at radius 2 is 2.36 bits per heavy atom. The number of hydrogen-bond donors (Lipinski definition) is 0. The molecule has 0 radical (unpaired) electrons. The van der Waals surface area contributed by atoms with E-state index in [1.54, 1.807) is 0 Å². The first-order chi connectivity index (χ1) is 6.65. The van der Waals surface area contributed by atoms with Gasteiger partial charge in [-0.15, -0.1) is 0 Å². The van der Waals surface area contributed by atoms with Crippen molar-refractivity contribution in [3.05, 3.63) is 24.0 Å². The predicted molar refractivity (Wildman–Crippen MR) is 59.0 cm³/mol. The molecule has 14 heavy (non-hydrogen) atoms. The Labute approximate surface area is 86.8 Å². The first-order valence-corrected chi connectivity index (χ1v) is 5.67. The van der Waals surface area contributed by atoms with Crippen LogP contribution in [0.25, 0.3) is 0 Å². The molecule has 0 saturated heterocycles.